The molecule has 0 amide bonds. The van der Waals surface area contributed by atoms with Crippen molar-refractivity contribution in [1.29, 1.82) is 0 Å². The summed E-state index contributed by atoms with van der Waals surface area (Å²) in [6.07, 6.45) is 3.61. The second-order valence-electron chi connectivity index (χ2n) is 3.22. The van der Waals surface area contributed by atoms with Crippen LogP contribution in [-0.4, -0.2) is 27.2 Å². The molecule has 0 fully saturated rings. The highest BCUT2D eigenvalue weighted by Crippen LogP contribution is 2.05. The van der Waals surface area contributed by atoms with Gasteiger partial charge in [-0.05, 0) is 26.3 Å². The molecule has 4 nitrogen and oxygen atoms in total. The number of anilines is 1. The van der Waals surface area contributed by atoms with E-state index in [9.17, 15) is 0 Å². The summed E-state index contributed by atoms with van der Waals surface area (Å²) in [6.45, 7) is 3.78. The van der Waals surface area contributed by atoms with Crippen LogP contribution in [0.1, 0.15) is 20.3 Å². The van der Waals surface area contributed by atoms with Crippen LogP contribution in [0.25, 0.3) is 0 Å². The summed E-state index contributed by atoms with van der Waals surface area (Å²) < 4.78 is 0. The Morgan fingerprint density at radius 2 is 2.31 bits per heavy atom. The lowest BCUT2D eigenvalue weighted by Crippen LogP contribution is -2.21. The molecule has 0 aromatic carbocycles. The highest BCUT2D eigenvalue weighted by atomic mass is 16.3. The van der Waals surface area contributed by atoms with E-state index < -0.39 is 0 Å². The van der Waals surface area contributed by atoms with E-state index in [0.717, 1.165) is 5.82 Å². The molecule has 1 heterocycles. The molecular weight excluding hydrogens is 166 g/mol. The minimum atomic E-state index is -0.288. The Morgan fingerprint density at radius 1 is 1.54 bits per heavy atom. The van der Waals surface area contributed by atoms with E-state index in [4.69, 9.17) is 5.11 Å². The standard InChI is InChI=1S/C9H15N3O/c1-7(5-8(2)13)12-9-3-4-10-6-11-9/h3-4,6-8,13H,5H2,1-2H3,(H,10,11,12). The number of nitrogens with zero attached hydrogens (tertiary/aromatic N) is 2. The van der Waals surface area contributed by atoms with Gasteiger partial charge in [-0.1, -0.05) is 0 Å². The molecule has 0 saturated heterocycles. The SMILES string of the molecule is CC(O)CC(C)Nc1ccncn1. The molecule has 0 aliphatic rings. The minimum absolute atomic E-state index is 0.217. The Balaban J connectivity index is 2.41. The average molecular weight is 181 g/mol. The lowest BCUT2D eigenvalue weighted by Gasteiger charge is -2.15. The smallest absolute Gasteiger partial charge is 0.129 e. The van der Waals surface area contributed by atoms with Gasteiger partial charge in [0.05, 0.1) is 6.10 Å². The largest absolute Gasteiger partial charge is 0.393 e. The predicted octanol–water partition coefficient (Wildman–Crippen LogP) is 1.05. The van der Waals surface area contributed by atoms with E-state index >= 15 is 0 Å². The second kappa shape index (κ2) is 4.77. The predicted molar refractivity (Wildman–Crippen MR) is 51.4 cm³/mol. The van der Waals surface area contributed by atoms with Gasteiger partial charge in [-0.3, -0.25) is 0 Å². The van der Waals surface area contributed by atoms with Crippen molar-refractivity contribution >= 4 is 5.82 Å². The van der Waals surface area contributed by atoms with Crippen LogP contribution in [0, 0.1) is 0 Å². The van der Waals surface area contributed by atoms with Gasteiger partial charge in [-0.15, -0.1) is 0 Å². The molecule has 2 unspecified atom stereocenters. The average Bonchev–Trinajstić information content (AvgIpc) is 2.04. The summed E-state index contributed by atoms with van der Waals surface area (Å²) in [4.78, 5) is 7.84. The Hall–Kier alpha value is -1.16. The van der Waals surface area contributed by atoms with Crippen molar-refractivity contribution in [3.05, 3.63) is 18.6 Å². The number of rotatable bonds is 4. The molecule has 1 aromatic heterocycles. The van der Waals surface area contributed by atoms with Crippen LogP contribution in [0.3, 0.4) is 0 Å². The number of aliphatic hydroxyl groups excluding tert-OH is 1. The van der Waals surface area contributed by atoms with E-state index in [-0.39, 0.29) is 12.1 Å². The van der Waals surface area contributed by atoms with E-state index in [2.05, 4.69) is 15.3 Å². The maximum atomic E-state index is 9.13. The fourth-order valence-electron chi connectivity index (χ4n) is 1.20. The van der Waals surface area contributed by atoms with E-state index in [1.165, 1.54) is 6.33 Å². The maximum Gasteiger partial charge on any atom is 0.129 e. The van der Waals surface area contributed by atoms with Gasteiger partial charge in [0, 0.05) is 12.2 Å². The summed E-state index contributed by atoms with van der Waals surface area (Å²) in [5.41, 5.74) is 0. The number of hydrogen-bond donors (Lipinski definition) is 2. The molecule has 2 atom stereocenters. The monoisotopic (exact) mass is 181 g/mol. The number of aliphatic hydroxyl groups is 1. The molecular formula is C9H15N3O. The molecule has 72 valence electrons. The van der Waals surface area contributed by atoms with Gasteiger partial charge >= 0.3 is 0 Å². The Kier molecular flexibility index (Phi) is 3.64. The quantitative estimate of drug-likeness (QED) is 0.729. The van der Waals surface area contributed by atoms with Crippen LogP contribution in [0.4, 0.5) is 5.82 Å². The van der Waals surface area contributed by atoms with Gasteiger partial charge in [0.2, 0.25) is 0 Å². The summed E-state index contributed by atoms with van der Waals surface area (Å²) >= 11 is 0. The van der Waals surface area contributed by atoms with Gasteiger partial charge < -0.3 is 10.4 Å². The molecule has 0 aliphatic heterocycles. The first-order valence-corrected chi connectivity index (χ1v) is 4.39. The fourth-order valence-corrected chi connectivity index (χ4v) is 1.20. The fraction of sp³-hybridized carbons (Fsp3) is 0.556. The first-order chi connectivity index (χ1) is 6.18. The number of hydrogen-bond acceptors (Lipinski definition) is 4. The summed E-state index contributed by atoms with van der Waals surface area (Å²) in [5, 5.41) is 12.3. The summed E-state index contributed by atoms with van der Waals surface area (Å²) in [7, 11) is 0. The molecule has 1 aromatic rings. The normalized spacial score (nSPS) is 15.0. The summed E-state index contributed by atoms with van der Waals surface area (Å²) in [5.74, 6) is 0.795. The van der Waals surface area contributed by atoms with Crippen molar-refractivity contribution in [2.45, 2.75) is 32.4 Å². The third kappa shape index (κ3) is 3.85. The molecule has 0 bridgehead atoms. The van der Waals surface area contributed by atoms with Crippen LogP contribution in [-0.2, 0) is 0 Å². The van der Waals surface area contributed by atoms with Gasteiger partial charge in [-0.2, -0.15) is 0 Å². The lowest BCUT2D eigenvalue weighted by molar-refractivity contribution is 0.179. The van der Waals surface area contributed by atoms with E-state index in [0.29, 0.717) is 6.42 Å². The Morgan fingerprint density at radius 3 is 2.85 bits per heavy atom. The van der Waals surface area contributed by atoms with Crippen LogP contribution < -0.4 is 5.32 Å². The molecule has 4 heteroatoms. The highest BCUT2D eigenvalue weighted by Gasteiger charge is 2.05. The third-order valence-electron chi connectivity index (χ3n) is 1.67. The molecule has 0 radical (unpaired) electrons. The molecule has 2 N–H and O–H groups in total. The lowest BCUT2D eigenvalue weighted by atomic mass is 10.1. The molecule has 0 saturated carbocycles. The van der Waals surface area contributed by atoms with Crippen LogP contribution in [0.15, 0.2) is 18.6 Å². The van der Waals surface area contributed by atoms with Crippen LogP contribution in [0.5, 0.6) is 0 Å². The Labute approximate surface area is 78.0 Å². The topological polar surface area (TPSA) is 58.0 Å². The number of aromatic nitrogens is 2. The van der Waals surface area contributed by atoms with Crippen molar-refractivity contribution in [3.63, 3.8) is 0 Å². The van der Waals surface area contributed by atoms with E-state index in [1.54, 1.807) is 19.2 Å². The zero-order valence-corrected chi connectivity index (χ0v) is 7.94. The second-order valence-corrected chi connectivity index (χ2v) is 3.22. The van der Waals surface area contributed by atoms with E-state index in [1.807, 2.05) is 6.92 Å². The van der Waals surface area contributed by atoms with Crippen molar-refractivity contribution in [3.8, 4) is 0 Å². The third-order valence-corrected chi connectivity index (χ3v) is 1.67. The van der Waals surface area contributed by atoms with Crippen LogP contribution in [0.2, 0.25) is 0 Å². The van der Waals surface area contributed by atoms with Crippen molar-refractivity contribution in [2.24, 2.45) is 0 Å². The highest BCUT2D eigenvalue weighted by molar-refractivity contribution is 5.32. The molecule has 0 spiro atoms. The van der Waals surface area contributed by atoms with Crippen molar-refractivity contribution in [2.75, 3.05) is 5.32 Å². The summed E-state index contributed by atoms with van der Waals surface area (Å²) in [6, 6.07) is 2.02. The van der Waals surface area contributed by atoms with Gasteiger partial charge in [0.15, 0.2) is 0 Å². The van der Waals surface area contributed by atoms with Gasteiger partial charge in [0.25, 0.3) is 0 Å². The number of nitrogens with one attached hydrogen (secondary N) is 1. The van der Waals surface area contributed by atoms with Crippen molar-refractivity contribution < 1.29 is 5.11 Å². The van der Waals surface area contributed by atoms with Gasteiger partial charge in [-0.25, -0.2) is 9.97 Å². The van der Waals surface area contributed by atoms with Crippen molar-refractivity contribution in [1.82, 2.24) is 9.97 Å². The molecule has 13 heavy (non-hydrogen) atoms. The van der Waals surface area contributed by atoms with Crippen LogP contribution >= 0.6 is 0 Å². The Bertz CT molecular complexity index is 238. The minimum Gasteiger partial charge on any atom is -0.393 e. The first-order valence-electron chi connectivity index (χ1n) is 4.39. The molecule has 0 aliphatic carbocycles. The maximum absolute atomic E-state index is 9.13. The van der Waals surface area contributed by atoms with Gasteiger partial charge in [0.1, 0.15) is 12.1 Å². The molecule has 1 rings (SSSR count). The zero-order valence-electron chi connectivity index (χ0n) is 7.94. The first kappa shape index (κ1) is 9.92. The zero-order chi connectivity index (χ0) is 9.68.